The molecule has 3 N–H and O–H groups in total. The highest BCUT2D eigenvalue weighted by molar-refractivity contribution is 7.93. The maximum absolute atomic E-state index is 12.8. The zero-order chi connectivity index (χ0) is 16.9. The summed E-state index contributed by atoms with van der Waals surface area (Å²) in [7, 11) is -3.70. The summed E-state index contributed by atoms with van der Waals surface area (Å²) in [5.74, 6) is 0.112. The third kappa shape index (κ3) is 2.96. The molecule has 1 amide bonds. The average Bonchev–Trinajstić information content (AvgIpc) is 3.38. The van der Waals surface area contributed by atoms with Crippen LogP contribution in [0.15, 0.2) is 41.3 Å². The van der Waals surface area contributed by atoms with Crippen LogP contribution < -0.4 is 15.4 Å². The van der Waals surface area contributed by atoms with Gasteiger partial charge in [-0.25, -0.2) is 8.42 Å². The Labute approximate surface area is 152 Å². The second kappa shape index (κ2) is 6.48. The molecule has 0 saturated heterocycles. The molecule has 134 valence electrons. The Hall–Kier alpha value is -1.83. The second-order valence-corrected chi connectivity index (χ2v) is 8.22. The normalized spacial score (nSPS) is 18.7. The Morgan fingerprint density at radius 1 is 1.24 bits per heavy atom. The molecule has 0 radical (unpaired) electrons. The highest BCUT2D eigenvalue weighted by Gasteiger charge is 2.37. The number of nitrogens with zero attached hydrogens (tertiary/aromatic N) is 1. The van der Waals surface area contributed by atoms with Crippen molar-refractivity contribution in [3.05, 3.63) is 36.4 Å². The Kier molecular flexibility index (Phi) is 4.66. The standard InChI is InChI=1S/C17H19N3O3S.ClH/c18-9-13(11-7-8-11)19-16(21)10-20-14-5-1-3-12-4-2-6-15(17(12)14)24(20,22)23;/h1-6,11,13H,7-10,18H2,(H,19,21);1H. The third-order valence-corrected chi connectivity index (χ3v) is 6.56. The smallest absolute Gasteiger partial charge is 0.265 e. The molecular weight excluding hydrogens is 362 g/mol. The first-order chi connectivity index (χ1) is 11.5. The molecule has 1 fully saturated rings. The van der Waals surface area contributed by atoms with Gasteiger partial charge in [0.1, 0.15) is 6.54 Å². The number of rotatable bonds is 5. The van der Waals surface area contributed by atoms with Crippen molar-refractivity contribution in [2.75, 3.05) is 17.4 Å². The lowest BCUT2D eigenvalue weighted by Gasteiger charge is -2.21. The van der Waals surface area contributed by atoms with Crippen molar-refractivity contribution in [1.82, 2.24) is 5.32 Å². The van der Waals surface area contributed by atoms with Gasteiger partial charge >= 0.3 is 0 Å². The highest BCUT2D eigenvalue weighted by atomic mass is 35.5. The van der Waals surface area contributed by atoms with Crippen LogP contribution >= 0.6 is 12.4 Å². The molecule has 0 aromatic heterocycles. The zero-order valence-corrected chi connectivity index (χ0v) is 15.1. The molecule has 6 nitrogen and oxygen atoms in total. The van der Waals surface area contributed by atoms with Crippen molar-refractivity contribution in [1.29, 1.82) is 0 Å². The Morgan fingerprint density at radius 2 is 1.92 bits per heavy atom. The van der Waals surface area contributed by atoms with Crippen molar-refractivity contribution < 1.29 is 13.2 Å². The number of amides is 1. The van der Waals surface area contributed by atoms with E-state index in [0.29, 0.717) is 23.5 Å². The number of halogens is 1. The lowest BCUT2D eigenvalue weighted by atomic mass is 10.1. The Balaban J connectivity index is 0.00000182. The van der Waals surface area contributed by atoms with Crippen LogP contribution in [-0.2, 0) is 14.8 Å². The number of benzene rings is 2. The average molecular weight is 382 g/mol. The van der Waals surface area contributed by atoms with Crippen LogP contribution in [0.2, 0.25) is 0 Å². The minimum Gasteiger partial charge on any atom is -0.350 e. The number of carbonyl (C=O) groups is 1. The summed E-state index contributed by atoms with van der Waals surface area (Å²) in [6.45, 7) is 0.151. The summed E-state index contributed by atoms with van der Waals surface area (Å²) in [6.07, 6.45) is 2.13. The summed E-state index contributed by atoms with van der Waals surface area (Å²) in [6, 6.07) is 10.5. The monoisotopic (exact) mass is 381 g/mol. The van der Waals surface area contributed by atoms with E-state index in [1.54, 1.807) is 24.3 Å². The fourth-order valence-electron chi connectivity index (χ4n) is 3.38. The molecule has 25 heavy (non-hydrogen) atoms. The number of anilines is 1. The van der Waals surface area contributed by atoms with Crippen LogP contribution in [0, 0.1) is 5.92 Å². The van der Waals surface area contributed by atoms with Crippen LogP contribution in [0.3, 0.4) is 0 Å². The predicted molar refractivity (Wildman–Crippen MR) is 99.4 cm³/mol. The van der Waals surface area contributed by atoms with Gasteiger partial charge in [-0.1, -0.05) is 24.3 Å². The quantitative estimate of drug-likeness (QED) is 0.823. The van der Waals surface area contributed by atoms with Crippen LogP contribution in [0.5, 0.6) is 0 Å². The number of nitrogens with two attached hydrogens (primary N) is 1. The van der Waals surface area contributed by atoms with Gasteiger partial charge in [-0.3, -0.25) is 9.10 Å². The predicted octanol–water partition coefficient (Wildman–Crippen LogP) is 1.62. The molecule has 1 aliphatic carbocycles. The molecule has 0 bridgehead atoms. The molecule has 0 spiro atoms. The van der Waals surface area contributed by atoms with Crippen molar-refractivity contribution in [2.45, 2.75) is 23.8 Å². The van der Waals surface area contributed by atoms with E-state index in [1.807, 2.05) is 12.1 Å². The van der Waals surface area contributed by atoms with Gasteiger partial charge < -0.3 is 11.1 Å². The second-order valence-electron chi connectivity index (χ2n) is 6.39. The fourth-order valence-corrected chi connectivity index (χ4v) is 5.05. The van der Waals surface area contributed by atoms with Crippen molar-refractivity contribution in [3.8, 4) is 0 Å². The topological polar surface area (TPSA) is 92.5 Å². The SMILES string of the molecule is Cl.NCC(NC(=O)CN1c2cccc3cccc(c23)S1(=O)=O)C1CC1. The first-order valence-corrected chi connectivity index (χ1v) is 9.50. The van der Waals surface area contributed by atoms with Gasteiger partial charge in [-0.2, -0.15) is 0 Å². The lowest BCUT2D eigenvalue weighted by molar-refractivity contribution is -0.120. The van der Waals surface area contributed by atoms with E-state index < -0.39 is 10.0 Å². The molecule has 2 aliphatic rings. The van der Waals surface area contributed by atoms with Gasteiger partial charge in [-0.05, 0) is 36.3 Å². The maximum atomic E-state index is 12.8. The molecule has 2 aromatic carbocycles. The van der Waals surface area contributed by atoms with E-state index >= 15 is 0 Å². The molecule has 1 unspecified atom stereocenters. The third-order valence-electron chi connectivity index (χ3n) is 4.76. The highest BCUT2D eigenvalue weighted by Crippen LogP contribution is 2.41. The van der Waals surface area contributed by atoms with Crippen LogP contribution in [0.25, 0.3) is 10.8 Å². The fraction of sp³-hybridized carbons (Fsp3) is 0.353. The summed E-state index contributed by atoms with van der Waals surface area (Å²) in [4.78, 5) is 12.7. The van der Waals surface area contributed by atoms with E-state index in [9.17, 15) is 13.2 Å². The van der Waals surface area contributed by atoms with E-state index in [1.165, 1.54) is 4.31 Å². The van der Waals surface area contributed by atoms with Crippen LogP contribution in [-0.4, -0.2) is 33.5 Å². The molecule has 4 rings (SSSR count). The molecule has 2 aromatic rings. The van der Waals surface area contributed by atoms with E-state index in [0.717, 1.165) is 18.2 Å². The first-order valence-electron chi connectivity index (χ1n) is 8.06. The molecule has 1 aliphatic heterocycles. The molecular formula is C17H20ClN3O3S. The van der Waals surface area contributed by atoms with E-state index in [-0.39, 0.29) is 35.8 Å². The van der Waals surface area contributed by atoms with E-state index in [4.69, 9.17) is 5.73 Å². The van der Waals surface area contributed by atoms with E-state index in [2.05, 4.69) is 5.32 Å². The van der Waals surface area contributed by atoms with Crippen LogP contribution in [0.1, 0.15) is 12.8 Å². The molecule has 1 heterocycles. The summed E-state index contributed by atoms with van der Waals surface area (Å²) in [5.41, 5.74) is 6.27. The summed E-state index contributed by atoms with van der Waals surface area (Å²) in [5, 5.41) is 4.42. The van der Waals surface area contributed by atoms with Crippen LogP contribution in [0.4, 0.5) is 5.69 Å². The van der Waals surface area contributed by atoms with Gasteiger partial charge in [0.2, 0.25) is 5.91 Å². The van der Waals surface area contributed by atoms with Crippen molar-refractivity contribution in [2.24, 2.45) is 11.7 Å². The summed E-state index contributed by atoms with van der Waals surface area (Å²) >= 11 is 0. The number of carbonyl (C=O) groups excluding carboxylic acids is 1. The minimum atomic E-state index is -3.70. The van der Waals surface area contributed by atoms with Gasteiger partial charge in [0, 0.05) is 18.0 Å². The lowest BCUT2D eigenvalue weighted by Crippen LogP contribution is -2.46. The van der Waals surface area contributed by atoms with Gasteiger partial charge in [0.05, 0.1) is 10.6 Å². The first kappa shape index (κ1) is 18.0. The molecule has 8 heteroatoms. The molecule has 1 atom stereocenters. The van der Waals surface area contributed by atoms with Crippen molar-refractivity contribution >= 4 is 44.8 Å². The number of hydrogen-bond acceptors (Lipinski definition) is 4. The number of nitrogens with one attached hydrogen (secondary N) is 1. The molecule has 1 saturated carbocycles. The minimum absolute atomic E-state index is 0. The van der Waals surface area contributed by atoms with Crippen molar-refractivity contribution in [3.63, 3.8) is 0 Å². The number of sulfonamides is 1. The number of hydrogen-bond donors (Lipinski definition) is 2. The summed E-state index contributed by atoms with van der Waals surface area (Å²) < 4.78 is 26.8. The Morgan fingerprint density at radius 3 is 2.56 bits per heavy atom. The largest absolute Gasteiger partial charge is 0.350 e. The van der Waals surface area contributed by atoms with Gasteiger partial charge in [0.25, 0.3) is 10.0 Å². The maximum Gasteiger partial charge on any atom is 0.265 e. The van der Waals surface area contributed by atoms with Gasteiger partial charge in [0.15, 0.2) is 0 Å². The zero-order valence-electron chi connectivity index (χ0n) is 13.5. The van der Waals surface area contributed by atoms with Gasteiger partial charge in [-0.15, -0.1) is 12.4 Å². The Bertz CT molecular complexity index is 923.